The molecule has 34 heavy (non-hydrogen) atoms. The van der Waals surface area contributed by atoms with Crippen molar-refractivity contribution >= 4 is 40.9 Å². The van der Waals surface area contributed by atoms with E-state index in [1.54, 1.807) is 11.8 Å². The second kappa shape index (κ2) is 12.1. The molecule has 1 fully saturated rings. The maximum absolute atomic E-state index is 12.6. The predicted octanol–water partition coefficient (Wildman–Crippen LogP) is 5.61. The Balaban J connectivity index is 1.16. The number of hydrogen-bond acceptors (Lipinski definition) is 6. The SMILES string of the molecule is Cc1ccccc1-c1noc(CN2CCC(C(=O)NCCSCc3c(Cl)cccc3Cl)CC2)n1. The first-order valence-corrected chi connectivity index (χ1v) is 13.3. The highest BCUT2D eigenvalue weighted by molar-refractivity contribution is 7.98. The van der Waals surface area contributed by atoms with Crippen molar-refractivity contribution in [2.75, 3.05) is 25.4 Å². The Morgan fingerprint density at radius 3 is 2.62 bits per heavy atom. The van der Waals surface area contributed by atoms with Crippen LogP contribution in [0, 0.1) is 12.8 Å². The summed E-state index contributed by atoms with van der Waals surface area (Å²) in [6.07, 6.45) is 1.65. The van der Waals surface area contributed by atoms with Gasteiger partial charge >= 0.3 is 0 Å². The molecule has 0 aliphatic carbocycles. The predicted molar refractivity (Wildman–Crippen MR) is 138 cm³/mol. The van der Waals surface area contributed by atoms with Crippen LogP contribution in [0.25, 0.3) is 11.4 Å². The third-order valence-corrected chi connectivity index (χ3v) is 7.72. The average molecular weight is 519 g/mol. The molecular weight excluding hydrogens is 491 g/mol. The van der Waals surface area contributed by atoms with Crippen LogP contribution in [-0.4, -0.2) is 46.3 Å². The first kappa shape index (κ1) is 25.0. The number of rotatable bonds is 9. The standard InChI is InChI=1S/C25H28Cl2N4O2S/c1-17-5-2-3-6-19(17)24-29-23(33-30-24)15-31-12-9-18(10-13-31)25(32)28-11-14-34-16-20-21(26)7-4-8-22(20)27/h2-8,18H,9-16H2,1H3,(H,28,32). The first-order valence-electron chi connectivity index (χ1n) is 11.4. The zero-order valence-electron chi connectivity index (χ0n) is 19.1. The zero-order valence-corrected chi connectivity index (χ0v) is 21.4. The van der Waals surface area contributed by atoms with Gasteiger partial charge in [-0.05, 0) is 56.1 Å². The van der Waals surface area contributed by atoms with E-state index in [-0.39, 0.29) is 11.8 Å². The summed E-state index contributed by atoms with van der Waals surface area (Å²) < 4.78 is 5.47. The van der Waals surface area contributed by atoms with Crippen molar-refractivity contribution < 1.29 is 9.32 Å². The minimum Gasteiger partial charge on any atom is -0.355 e. The van der Waals surface area contributed by atoms with Gasteiger partial charge in [-0.2, -0.15) is 16.7 Å². The van der Waals surface area contributed by atoms with Gasteiger partial charge in [-0.25, -0.2) is 0 Å². The Morgan fingerprint density at radius 2 is 1.88 bits per heavy atom. The van der Waals surface area contributed by atoms with E-state index < -0.39 is 0 Å². The molecule has 9 heteroatoms. The molecule has 6 nitrogen and oxygen atoms in total. The quantitative estimate of drug-likeness (QED) is 0.371. The maximum atomic E-state index is 12.6. The number of amides is 1. The highest BCUT2D eigenvalue weighted by atomic mass is 35.5. The molecule has 1 saturated heterocycles. The van der Waals surface area contributed by atoms with Gasteiger partial charge in [0.05, 0.1) is 6.54 Å². The lowest BCUT2D eigenvalue weighted by molar-refractivity contribution is -0.126. The van der Waals surface area contributed by atoms with Crippen LogP contribution in [-0.2, 0) is 17.1 Å². The number of carbonyl (C=O) groups is 1. The van der Waals surface area contributed by atoms with Crippen molar-refractivity contribution in [3.63, 3.8) is 0 Å². The smallest absolute Gasteiger partial charge is 0.241 e. The molecule has 0 radical (unpaired) electrons. The number of nitrogens with zero attached hydrogens (tertiary/aromatic N) is 3. The summed E-state index contributed by atoms with van der Waals surface area (Å²) in [5.41, 5.74) is 3.05. The normalized spacial score (nSPS) is 14.9. The molecule has 180 valence electrons. The van der Waals surface area contributed by atoms with Crippen molar-refractivity contribution in [3.8, 4) is 11.4 Å². The van der Waals surface area contributed by atoms with E-state index >= 15 is 0 Å². The molecule has 1 aliphatic rings. The molecule has 2 heterocycles. The van der Waals surface area contributed by atoms with E-state index in [0.29, 0.717) is 34.8 Å². The summed E-state index contributed by atoms with van der Waals surface area (Å²) in [6, 6.07) is 13.5. The van der Waals surface area contributed by atoms with Crippen molar-refractivity contribution in [1.82, 2.24) is 20.4 Å². The zero-order chi connectivity index (χ0) is 23.9. The third-order valence-electron chi connectivity index (χ3n) is 6.03. The van der Waals surface area contributed by atoms with Gasteiger partial charge in [-0.3, -0.25) is 9.69 Å². The molecule has 1 aromatic heterocycles. The molecule has 1 N–H and O–H groups in total. The van der Waals surface area contributed by atoms with Crippen LogP contribution in [0.2, 0.25) is 10.0 Å². The molecule has 1 aliphatic heterocycles. The van der Waals surface area contributed by atoms with Gasteiger partial charge in [-0.15, -0.1) is 0 Å². The van der Waals surface area contributed by atoms with E-state index in [9.17, 15) is 4.79 Å². The Kier molecular flexibility index (Phi) is 8.89. The second-order valence-corrected chi connectivity index (χ2v) is 10.3. The number of aromatic nitrogens is 2. The largest absolute Gasteiger partial charge is 0.355 e. The molecular formula is C25H28Cl2N4O2S. The van der Waals surface area contributed by atoms with Crippen LogP contribution < -0.4 is 5.32 Å². The number of hydrogen-bond donors (Lipinski definition) is 1. The van der Waals surface area contributed by atoms with E-state index in [1.807, 2.05) is 49.4 Å². The molecule has 0 unspecified atom stereocenters. The highest BCUT2D eigenvalue weighted by Crippen LogP contribution is 2.28. The number of piperidine rings is 1. The van der Waals surface area contributed by atoms with Crippen LogP contribution in [0.1, 0.15) is 29.9 Å². The maximum Gasteiger partial charge on any atom is 0.241 e. The number of aryl methyl sites for hydroxylation is 1. The van der Waals surface area contributed by atoms with Gasteiger partial charge in [-0.1, -0.05) is 58.7 Å². The van der Waals surface area contributed by atoms with Crippen molar-refractivity contribution in [1.29, 1.82) is 0 Å². The summed E-state index contributed by atoms with van der Waals surface area (Å²) in [6.45, 7) is 4.94. The summed E-state index contributed by atoms with van der Waals surface area (Å²) >= 11 is 14.1. The van der Waals surface area contributed by atoms with E-state index in [2.05, 4.69) is 20.4 Å². The fourth-order valence-corrected chi connectivity index (χ4v) is 5.63. The first-order chi connectivity index (χ1) is 16.5. The fraction of sp³-hybridized carbons (Fsp3) is 0.400. The number of thioether (sulfide) groups is 1. The summed E-state index contributed by atoms with van der Waals surface area (Å²) in [7, 11) is 0. The second-order valence-electron chi connectivity index (χ2n) is 8.42. The van der Waals surface area contributed by atoms with Gasteiger partial charge in [0.1, 0.15) is 0 Å². The lowest BCUT2D eigenvalue weighted by atomic mass is 9.96. The van der Waals surface area contributed by atoms with Gasteiger partial charge < -0.3 is 9.84 Å². The van der Waals surface area contributed by atoms with E-state index in [4.69, 9.17) is 27.7 Å². The van der Waals surface area contributed by atoms with Crippen LogP contribution in [0.4, 0.5) is 0 Å². The lowest BCUT2D eigenvalue weighted by Crippen LogP contribution is -2.40. The van der Waals surface area contributed by atoms with Crippen LogP contribution in [0.5, 0.6) is 0 Å². The Hall–Kier alpha value is -2.06. The number of carbonyl (C=O) groups excluding carboxylic acids is 1. The molecule has 0 saturated carbocycles. The summed E-state index contributed by atoms with van der Waals surface area (Å²) in [4.78, 5) is 19.4. The molecule has 0 spiro atoms. The molecule has 4 rings (SSSR count). The minimum absolute atomic E-state index is 0.0458. The van der Waals surface area contributed by atoms with Crippen LogP contribution in [0.15, 0.2) is 47.0 Å². The molecule has 1 amide bonds. The number of halogens is 2. The molecule has 2 aromatic carbocycles. The fourth-order valence-electron chi connectivity index (χ4n) is 4.03. The van der Waals surface area contributed by atoms with E-state index in [0.717, 1.165) is 54.1 Å². The number of nitrogens with one attached hydrogen (secondary N) is 1. The summed E-state index contributed by atoms with van der Waals surface area (Å²) in [5, 5.41) is 8.58. The number of likely N-dealkylation sites (tertiary alicyclic amines) is 1. The van der Waals surface area contributed by atoms with Gasteiger partial charge in [0.2, 0.25) is 17.6 Å². The Morgan fingerprint density at radius 1 is 1.15 bits per heavy atom. The number of benzene rings is 2. The molecule has 0 bridgehead atoms. The monoisotopic (exact) mass is 518 g/mol. The van der Waals surface area contributed by atoms with Crippen molar-refractivity contribution in [3.05, 3.63) is 69.5 Å². The van der Waals surface area contributed by atoms with Crippen LogP contribution >= 0.6 is 35.0 Å². The minimum atomic E-state index is 0.0458. The molecule has 0 atom stereocenters. The van der Waals surface area contributed by atoms with Gasteiger partial charge in [0.25, 0.3) is 0 Å². The van der Waals surface area contributed by atoms with Gasteiger partial charge in [0.15, 0.2) is 0 Å². The highest BCUT2D eigenvalue weighted by Gasteiger charge is 2.26. The topological polar surface area (TPSA) is 71.3 Å². The van der Waals surface area contributed by atoms with Crippen LogP contribution in [0.3, 0.4) is 0 Å². The van der Waals surface area contributed by atoms with Gasteiger partial charge in [0, 0.05) is 39.6 Å². The summed E-state index contributed by atoms with van der Waals surface area (Å²) in [5.74, 6) is 2.95. The molecule has 3 aromatic rings. The van der Waals surface area contributed by atoms with Crippen molar-refractivity contribution in [2.45, 2.75) is 32.1 Å². The van der Waals surface area contributed by atoms with E-state index in [1.165, 1.54) is 0 Å². The lowest BCUT2D eigenvalue weighted by Gasteiger charge is -2.30. The Bertz CT molecular complexity index is 1100. The average Bonchev–Trinajstić information content (AvgIpc) is 3.29. The Labute approximate surface area is 214 Å². The third kappa shape index (κ3) is 6.54. The van der Waals surface area contributed by atoms with Crippen molar-refractivity contribution in [2.24, 2.45) is 5.92 Å².